The molecule has 4 rings (SSSR count). The van der Waals surface area contributed by atoms with Crippen molar-refractivity contribution in [3.8, 4) is 11.8 Å². The van der Waals surface area contributed by atoms with Crippen molar-refractivity contribution < 1.29 is 35.4 Å². The Morgan fingerprint density at radius 1 is 1.07 bits per heavy atom. The highest BCUT2D eigenvalue weighted by molar-refractivity contribution is 7.85. The van der Waals surface area contributed by atoms with Crippen molar-refractivity contribution in [1.82, 2.24) is 5.43 Å². The number of imide groups is 1. The van der Waals surface area contributed by atoms with Gasteiger partial charge in [0.25, 0.3) is 16.0 Å². The molecule has 0 saturated carbocycles. The second-order valence-electron chi connectivity index (χ2n) is 10.3. The maximum Gasteiger partial charge on any atom is 0.417 e. The number of carbonyl (C=O) groups is 2. The molecule has 3 aromatic rings. The van der Waals surface area contributed by atoms with Gasteiger partial charge in [-0.25, -0.2) is 15.1 Å². The molecular formula is C32H30ClF3N4O5S. The maximum atomic E-state index is 13.8. The maximum absolute atomic E-state index is 13.8. The van der Waals surface area contributed by atoms with Crippen LogP contribution in [0.3, 0.4) is 0 Å². The van der Waals surface area contributed by atoms with E-state index in [0.717, 1.165) is 67.5 Å². The number of hydrazone groups is 1. The first-order valence-electron chi connectivity index (χ1n) is 14.1. The zero-order valence-corrected chi connectivity index (χ0v) is 26.3. The molecular weight excluding hydrogens is 645 g/mol. The van der Waals surface area contributed by atoms with Gasteiger partial charge in [0.05, 0.1) is 35.4 Å². The van der Waals surface area contributed by atoms with Crippen LogP contribution in [-0.2, 0) is 20.5 Å². The molecule has 0 aromatic heterocycles. The first kappa shape index (κ1) is 34.5. The van der Waals surface area contributed by atoms with Gasteiger partial charge >= 0.3 is 12.2 Å². The second-order valence-corrected chi connectivity index (χ2v) is 12.3. The molecule has 0 spiro atoms. The lowest BCUT2D eigenvalue weighted by Gasteiger charge is -2.29. The number of piperidine rings is 1. The normalized spacial score (nSPS) is 13.6. The van der Waals surface area contributed by atoms with E-state index in [1.807, 2.05) is 12.1 Å². The Morgan fingerprint density at radius 2 is 1.78 bits per heavy atom. The Bertz CT molecular complexity index is 1760. The summed E-state index contributed by atoms with van der Waals surface area (Å²) in [4.78, 5) is 30.3. The highest BCUT2D eigenvalue weighted by Gasteiger charge is 2.33. The number of nitrogens with one attached hydrogen (secondary N) is 1. The lowest BCUT2D eigenvalue weighted by molar-refractivity contribution is -0.137. The first-order chi connectivity index (χ1) is 21.8. The minimum absolute atomic E-state index is 0.0222. The molecule has 1 aliphatic heterocycles. The van der Waals surface area contributed by atoms with Gasteiger partial charge in [-0.1, -0.05) is 35.6 Å². The summed E-state index contributed by atoms with van der Waals surface area (Å²) in [6.45, 7) is 1.66. The Hall–Kier alpha value is -4.38. The third kappa shape index (κ3) is 9.81. The van der Waals surface area contributed by atoms with Gasteiger partial charge in [0.2, 0.25) is 0 Å². The molecule has 1 heterocycles. The van der Waals surface area contributed by atoms with Gasteiger partial charge in [-0.05, 0) is 79.4 Å². The van der Waals surface area contributed by atoms with Crippen LogP contribution >= 0.6 is 11.6 Å². The predicted molar refractivity (Wildman–Crippen MR) is 171 cm³/mol. The third-order valence-electron chi connectivity index (χ3n) is 6.77. The molecule has 0 radical (unpaired) electrons. The number of hydrogen-bond acceptors (Lipinski definition) is 7. The molecule has 9 nitrogen and oxygen atoms in total. The summed E-state index contributed by atoms with van der Waals surface area (Å²) in [5.74, 6) is 4.90. The Balaban J connectivity index is 1.58. The van der Waals surface area contributed by atoms with E-state index in [-0.39, 0.29) is 29.8 Å². The van der Waals surface area contributed by atoms with Gasteiger partial charge in [-0.2, -0.15) is 26.7 Å². The van der Waals surface area contributed by atoms with Crippen molar-refractivity contribution in [3.05, 3.63) is 94.0 Å². The number of amides is 3. The first-order valence-corrected chi connectivity index (χ1v) is 16.3. The van der Waals surface area contributed by atoms with Crippen molar-refractivity contribution in [3.63, 3.8) is 0 Å². The zero-order valence-electron chi connectivity index (χ0n) is 24.7. The average molecular weight is 675 g/mol. The topological polar surface area (TPSA) is 108 Å². The fourth-order valence-corrected chi connectivity index (χ4v) is 5.22. The van der Waals surface area contributed by atoms with E-state index in [2.05, 4.69) is 31.5 Å². The van der Waals surface area contributed by atoms with Crippen LogP contribution in [0.15, 0.2) is 71.8 Å². The van der Waals surface area contributed by atoms with Crippen LogP contribution in [0.4, 0.5) is 29.3 Å². The molecule has 0 bridgehead atoms. The van der Waals surface area contributed by atoms with Crippen LogP contribution < -0.4 is 15.2 Å². The molecule has 242 valence electrons. The molecule has 1 fully saturated rings. The quantitative estimate of drug-likeness (QED) is 0.0967. The Morgan fingerprint density at radius 3 is 2.46 bits per heavy atom. The van der Waals surface area contributed by atoms with E-state index in [1.165, 1.54) is 18.2 Å². The molecule has 0 unspecified atom stereocenters. The summed E-state index contributed by atoms with van der Waals surface area (Å²) in [7, 11) is -3.59. The average Bonchev–Trinajstić information content (AvgIpc) is 3.01. The minimum Gasteiger partial charge on any atom is -0.372 e. The number of carbonyl (C=O) groups excluding carboxylic acids is 2. The van der Waals surface area contributed by atoms with Gasteiger partial charge in [-0.15, -0.1) is 0 Å². The number of benzene rings is 3. The van der Waals surface area contributed by atoms with Crippen molar-refractivity contribution >= 4 is 51.2 Å². The number of halogens is 4. The van der Waals surface area contributed by atoms with Crippen molar-refractivity contribution in [1.29, 1.82) is 0 Å². The van der Waals surface area contributed by atoms with Gasteiger partial charge < -0.3 is 4.90 Å². The summed E-state index contributed by atoms with van der Waals surface area (Å²) in [6.07, 6.45) is 0.670. The number of nitrogens with zero attached hydrogens (tertiary/aromatic N) is 3. The summed E-state index contributed by atoms with van der Waals surface area (Å²) in [5.41, 5.74) is 2.92. The standard InChI is InChI=1S/C32H30ClF3N4O5S/c1-46(43,44)45-19-6-3-8-23-9-7-10-25(20-23)30(41)40(27-14-12-26(13-15-27)39-17-4-2-5-18-39)31(42)38-37-22-24-11-16-29(33)28(21-24)32(34,35)36/h7,9-16,20-22H,2,4-6,17-19H2,1H3,(H,38,42). The van der Waals surface area contributed by atoms with Gasteiger partial charge in [-0.3, -0.25) is 8.98 Å². The third-order valence-corrected chi connectivity index (χ3v) is 7.70. The van der Waals surface area contributed by atoms with Gasteiger partial charge in [0.15, 0.2) is 0 Å². The summed E-state index contributed by atoms with van der Waals surface area (Å²) in [6, 6.07) is 15.3. The van der Waals surface area contributed by atoms with E-state index in [4.69, 9.17) is 11.6 Å². The summed E-state index contributed by atoms with van der Waals surface area (Å²) < 4.78 is 66.7. The molecule has 0 atom stereocenters. The number of rotatable bonds is 8. The molecule has 0 aliphatic carbocycles. The molecule has 14 heteroatoms. The van der Waals surface area contributed by atoms with E-state index >= 15 is 0 Å². The zero-order chi connectivity index (χ0) is 33.3. The van der Waals surface area contributed by atoms with E-state index in [1.54, 1.807) is 24.3 Å². The van der Waals surface area contributed by atoms with Crippen molar-refractivity contribution in [2.24, 2.45) is 5.10 Å². The van der Waals surface area contributed by atoms with Gasteiger partial charge in [0.1, 0.15) is 0 Å². The van der Waals surface area contributed by atoms with Crippen LogP contribution in [0.25, 0.3) is 0 Å². The second kappa shape index (κ2) is 15.3. The van der Waals surface area contributed by atoms with Gasteiger partial charge in [0, 0.05) is 36.3 Å². The van der Waals surface area contributed by atoms with E-state index in [9.17, 15) is 31.2 Å². The largest absolute Gasteiger partial charge is 0.417 e. The van der Waals surface area contributed by atoms with Crippen molar-refractivity contribution in [2.75, 3.05) is 35.8 Å². The van der Waals surface area contributed by atoms with Crippen LogP contribution in [-0.4, -0.2) is 52.5 Å². The molecule has 3 amide bonds. The molecule has 1 N–H and O–H groups in total. The fourth-order valence-electron chi connectivity index (χ4n) is 4.61. The number of urea groups is 1. The van der Waals surface area contributed by atoms with E-state index < -0.39 is 38.8 Å². The highest BCUT2D eigenvalue weighted by Crippen LogP contribution is 2.35. The Labute approximate surface area is 270 Å². The molecule has 1 saturated heterocycles. The predicted octanol–water partition coefficient (Wildman–Crippen LogP) is 6.46. The number of alkyl halides is 3. The molecule has 3 aromatic carbocycles. The van der Waals surface area contributed by atoms with Crippen LogP contribution in [0.2, 0.25) is 5.02 Å². The number of anilines is 2. The van der Waals surface area contributed by atoms with E-state index in [0.29, 0.717) is 5.56 Å². The molecule has 46 heavy (non-hydrogen) atoms. The van der Waals surface area contributed by atoms with Crippen LogP contribution in [0, 0.1) is 11.8 Å². The SMILES string of the molecule is CS(=O)(=O)OCCC#Cc1cccc(C(=O)N(C(=O)NN=Cc2ccc(Cl)c(C(F)(F)F)c2)c2ccc(N3CCCCC3)cc2)c1. The summed E-state index contributed by atoms with van der Waals surface area (Å²) >= 11 is 5.68. The highest BCUT2D eigenvalue weighted by atomic mass is 35.5. The lowest BCUT2D eigenvalue weighted by Crippen LogP contribution is -2.42. The van der Waals surface area contributed by atoms with Crippen molar-refractivity contribution in [2.45, 2.75) is 31.9 Å². The smallest absolute Gasteiger partial charge is 0.372 e. The fraction of sp³-hybridized carbons (Fsp3) is 0.281. The molecule has 1 aliphatic rings. The minimum atomic E-state index is -4.68. The monoisotopic (exact) mass is 674 g/mol. The lowest BCUT2D eigenvalue weighted by atomic mass is 10.1. The van der Waals surface area contributed by atoms with Crippen LogP contribution in [0.5, 0.6) is 0 Å². The summed E-state index contributed by atoms with van der Waals surface area (Å²) in [5, 5.41) is 3.31. The van der Waals surface area contributed by atoms with Crippen LogP contribution in [0.1, 0.15) is 52.7 Å². The number of hydrogen-bond donors (Lipinski definition) is 1. The Kier molecular flexibility index (Phi) is 11.4.